The van der Waals surface area contributed by atoms with Crippen molar-refractivity contribution < 1.29 is 14.6 Å². The second kappa shape index (κ2) is 9.54. The van der Waals surface area contributed by atoms with Crippen LogP contribution in [0.1, 0.15) is 48.4 Å². The molecule has 0 unspecified atom stereocenters. The van der Waals surface area contributed by atoms with E-state index in [9.17, 15) is 9.90 Å². The molecule has 7 nitrogen and oxygen atoms in total. The molecule has 2 aliphatic heterocycles. The standard InChI is InChI=1S/C27H31ClN4O3/c28-24-13-31-26-22(24)11-19(12-30-26)18-9-17-5-7-32(27(34)16-1-3-20(33)4-2-16)14-23(17)21(10-18)25-15-35-8-6-29-25/h9-13,16,20,25,29,33H,1-8,14-15H2,(H,30,31)/t16?,20?,25-/m0/s1. The molecule has 2 aromatic heterocycles. The summed E-state index contributed by atoms with van der Waals surface area (Å²) >= 11 is 6.37. The lowest BCUT2D eigenvalue weighted by molar-refractivity contribution is -0.138. The number of hydrogen-bond donors (Lipinski definition) is 3. The van der Waals surface area contributed by atoms with Gasteiger partial charge in [0.25, 0.3) is 0 Å². The summed E-state index contributed by atoms with van der Waals surface area (Å²) in [6.45, 7) is 3.49. The number of aliphatic hydroxyl groups is 1. The fourth-order valence-electron chi connectivity index (χ4n) is 5.84. The van der Waals surface area contributed by atoms with Crippen LogP contribution in [-0.2, 0) is 22.5 Å². The average Bonchev–Trinajstić information content (AvgIpc) is 3.28. The molecule has 3 aromatic rings. The van der Waals surface area contributed by atoms with Crippen molar-refractivity contribution in [3.63, 3.8) is 0 Å². The normalized spacial score (nSPS) is 25.0. The first-order valence-corrected chi connectivity index (χ1v) is 13.0. The van der Waals surface area contributed by atoms with Gasteiger partial charge in [0.05, 0.1) is 30.4 Å². The van der Waals surface area contributed by atoms with Gasteiger partial charge in [-0.2, -0.15) is 0 Å². The summed E-state index contributed by atoms with van der Waals surface area (Å²) in [6.07, 6.45) is 7.24. The monoisotopic (exact) mass is 494 g/mol. The number of fused-ring (bicyclic) bond motifs is 2. The Bertz CT molecular complexity index is 1240. The van der Waals surface area contributed by atoms with Gasteiger partial charge in [-0.15, -0.1) is 0 Å². The van der Waals surface area contributed by atoms with Crippen molar-refractivity contribution >= 4 is 28.5 Å². The minimum absolute atomic E-state index is 0.0303. The molecular formula is C27H31ClN4O3. The van der Waals surface area contributed by atoms with E-state index in [-0.39, 0.29) is 24.0 Å². The van der Waals surface area contributed by atoms with E-state index in [2.05, 4.69) is 33.5 Å². The Hall–Kier alpha value is -2.45. The fraction of sp³-hybridized carbons (Fsp3) is 0.481. The summed E-state index contributed by atoms with van der Waals surface area (Å²) in [6, 6.07) is 6.67. The lowest BCUT2D eigenvalue weighted by Gasteiger charge is -2.36. The minimum atomic E-state index is -0.251. The zero-order chi connectivity index (χ0) is 23.9. The quantitative estimate of drug-likeness (QED) is 0.512. The van der Waals surface area contributed by atoms with Crippen molar-refractivity contribution in [1.82, 2.24) is 20.2 Å². The number of nitrogens with one attached hydrogen (secondary N) is 2. The minimum Gasteiger partial charge on any atom is -0.393 e. The van der Waals surface area contributed by atoms with Gasteiger partial charge >= 0.3 is 0 Å². The Morgan fingerprint density at radius 3 is 2.83 bits per heavy atom. The molecule has 1 atom stereocenters. The molecule has 35 heavy (non-hydrogen) atoms. The van der Waals surface area contributed by atoms with Gasteiger partial charge in [-0.1, -0.05) is 17.7 Å². The number of H-pyrrole nitrogens is 1. The van der Waals surface area contributed by atoms with Crippen LogP contribution in [0.25, 0.3) is 22.2 Å². The highest BCUT2D eigenvalue weighted by atomic mass is 35.5. The molecule has 1 saturated carbocycles. The number of rotatable bonds is 3. The Kier molecular flexibility index (Phi) is 6.26. The van der Waals surface area contributed by atoms with E-state index in [0.29, 0.717) is 24.8 Å². The van der Waals surface area contributed by atoms with E-state index in [4.69, 9.17) is 16.3 Å². The molecule has 184 valence electrons. The molecule has 0 bridgehead atoms. The molecule has 1 aliphatic carbocycles. The topological polar surface area (TPSA) is 90.5 Å². The SMILES string of the molecule is O=C(C1CCC(O)CC1)N1CCc2cc(-c3cnc4[nH]cc(Cl)c4c3)cc([C@@H]3COCCN3)c2C1. The summed E-state index contributed by atoms with van der Waals surface area (Å²) in [5.41, 5.74) is 6.64. The molecule has 4 heterocycles. The van der Waals surface area contributed by atoms with Gasteiger partial charge in [0, 0.05) is 48.9 Å². The predicted octanol–water partition coefficient (Wildman–Crippen LogP) is 3.98. The van der Waals surface area contributed by atoms with Gasteiger partial charge in [0.15, 0.2) is 0 Å². The van der Waals surface area contributed by atoms with E-state index in [1.807, 2.05) is 11.1 Å². The van der Waals surface area contributed by atoms with Gasteiger partial charge in [0.1, 0.15) is 5.65 Å². The third kappa shape index (κ3) is 4.47. The number of aromatic nitrogens is 2. The van der Waals surface area contributed by atoms with E-state index in [1.54, 1.807) is 6.20 Å². The summed E-state index contributed by atoms with van der Waals surface area (Å²) in [7, 11) is 0. The second-order valence-corrected chi connectivity index (χ2v) is 10.5. The zero-order valence-electron chi connectivity index (χ0n) is 19.7. The highest BCUT2D eigenvalue weighted by molar-refractivity contribution is 6.35. The summed E-state index contributed by atoms with van der Waals surface area (Å²) in [4.78, 5) is 23.1. The molecule has 2 fully saturated rings. The van der Waals surface area contributed by atoms with Gasteiger partial charge in [-0.05, 0) is 66.5 Å². The summed E-state index contributed by atoms with van der Waals surface area (Å²) in [5.74, 6) is 0.268. The number of pyridine rings is 1. The molecule has 0 radical (unpaired) electrons. The van der Waals surface area contributed by atoms with Crippen LogP contribution in [0.15, 0.2) is 30.6 Å². The Balaban J connectivity index is 1.35. The van der Waals surface area contributed by atoms with E-state index in [1.165, 1.54) is 16.7 Å². The van der Waals surface area contributed by atoms with Gasteiger partial charge < -0.3 is 25.0 Å². The van der Waals surface area contributed by atoms with E-state index >= 15 is 0 Å². The maximum Gasteiger partial charge on any atom is 0.225 e. The van der Waals surface area contributed by atoms with Gasteiger partial charge in [-0.3, -0.25) is 4.79 Å². The Labute approximate surface area is 209 Å². The largest absolute Gasteiger partial charge is 0.393 e. The number of benzene rings is 1. The molecule has 6 rings (SSSR count). The van der Waals surface area contributed by atoms with Gasteiger partial charge in [0.2, 0.25) is 5.91 Å². The number of hydrogen-bond acceptors (Lipinski definition) is 5. The lowest BCUT2D eigenvalue weighted by atomic mass is 9.84. The van der Waals surface area contributed by atoms with Crippen molar-refractivity contribution in [3.8, 4) is 11.1 Å². The number of aliphatic hydroxyl groups excluding tert-OH is 1. The van der Waals surface area contributed by atoms with E-state index in [0.717, 1.165) is 67.4 Å². The number of amides is 1. The number of nitrogens with zero attached hydrogens (tertiary/aromatic N) is 2. The van der Waals surface area contributed by atoms with Crippen LogP contribution < -0.4 is 5.32 Å². The molecule has 0 spiro atoms. The zero-order valence-corrected chi connectivity index (χ0v) is 20.5. The molecule has 1 saturated heterocycles. The summed E-state index contributed by atoms with van der Waals surface area (Å²) < 4.78 is 5.81. The second-order valence-electron chi connectivity index (χ2n) is 10.1. The average molecular weight is 495 g/mol. The highest BCUT2D eigenvalue weighted by Crippen LogP contribution is 2.36. The van der Waals surface area contributed by atoms with Crippen molar-refractivity contribution in [2.45, 2.75) is 50.8 Å². The maximum atomic E-state index is 13.4. The van der Waals surface area contributed by atoms with Crippen molar-refractivity contribution in [3.05, 3.63) is 52.3 Å². The number of carbonyl (C=O) groups is 1. The Morgan fingerprint density at radius 2 is 2.03 bits per heavy atom. The molecule has 1 aromatic carbocycles. The van der Waals surface area contributed by atoms with Crippen molar-refractivity contribution in [2.75, 3.05) is 26.3 Å². The summed E-state index contributed by atoms with van der Waals surface area (Å²) in [5, 5.41) is 15.0. The van der Waals surface area contributed by atoms with Crippen LogP contribution in [-0.4, -0.2) is 58.3 Å². The van der Waals surface area contributed by atoms with Crippen LogP contribution in [0, 0.1) is 5.92 Å². The van der Waals surface area contributed by atoms with Crippen LogP contribution in [0.4, 0.5) is 0 Å². The van der Waals surface area contributed by atoms with Crippen LogP contribution in [0.3, 0.4) is 0 Å². The molecule has 8 heteroatoms. The molecule has 1 amide bonds. The van der Waals surface area contributed by atoms with Gasteiger partial charge in [-0.25, -0.2) is 4.98 Å². The lowest BCUT2D eigenvalue weighted by Crippen LogP contribution is -2.42. The van der Waals surface area contributed by atoms with Crippen LogP contribution in [0.2, 0.25) is 5.02 Å². The van der Waals surface area contributed by atoms with Crippen LogP contribution in [0.5, 0.6) is 0 Å². The van der Waals surface area contributed by atoms with Crippen molar-refractivity contribution in [1.29, 1.82) is 0 Å². The predicted molar refractivity (Wildman–Crippen MR) is 135 cm³/mol. The first-order valence-electron chi connectivity index (χ1n) is 12.6. The molecular weight excluding hydrogens is 464 g/mol. The third-order valence-corrected chi connectivity index (χ3v) is 8.16. The number of morpholine rings is 1. The number of halogens is 1. The maximum absolute atomic E-state index is 13.4. The highest BCUT2D eigenvalue weighted by Gasteiger charge is 2.32. The first-order chi connectivity index (χ1) is 17.1. The Morgan fingerprint density at radius 1 is 1.17 bits per heavy atom. The van der Waals surface area contributed by atoms with Crippen molar-refractivity contribution in [2.24, 2.45) is 5.92 Å². The number of carbonyl (C=O) groups excluding carboxylic acids is 1. The molecule has 3 N–H and O–H groups in total. The molecule has 3 aliphatic rings. The fourth-order valence-corrected chi connectivity index (χ4v) is 6.04. The van der Waals surface area contributed by atoms with E-state index < -0.39 is 0 Å². The number of ether oxygens (including phenoxy) is 1. The third-order valence-electron chi connectivity index (χ3n) is 7.85. The van der Waals surface area contributed by atoms with Crippen LogP contribution >= 0.6 is 11.6 Å². The number of aromatic amines is 1. The smallest absolute Gasteiger partial charge is 0.225 e. The first kappa shape index (κ1) is 23.0.